The molecule has 2 atom stereocenters. The Kier molecular flexibility index (Phi) is 3.64. The maximum atomic E-state index is 12.4. The van der Waals surface area contributed by atoms with Crippen LogP contribution in [0.2, 0.25) is 0 Å². The zero-order chi connectivity index (χ0) is 16.0. The van der Waals surface area contributed by atoms with Gasteiger partial charge in [0.1, 0.15) is 6.10 Å². The molecule has 0 aromatic rings. The van der Waals surface area contributed by atoms with E-state index < -0.39 is 21.7 Å². The Morgan fingerprint density at radius 1 is 1.27 bits per heavy atom. The van der Waals surface area contributed by atoms with Gasteiger partial charge in [0.05, 0.1) is 0 Å². The quantitative estimate of drug-likeness (QED) is 0.572. The molecule has 2 heterocycles. The van der Waals surface area contributed by atoms with Gasteiger partial charge in [-0.05, 0) is 6.08 Å². The molecule has 3 aliphatic rings. The number of halogens is 3. The Balaban J connectivity index is 1.75. The third-order valence-electron chi connectivity index (χ3n) is 3.69. The van der Waals surface area contributed by atoms with Crippen molar-refractivity contribution in [1.29, 1.82) is 0 Å². The van der Waals surface area contributed by atoms with Gasteiger partial charge in [-0.25, -0.2) is 0 Å². The van der Waals surface area contributed by atoms with E-state index >= 15 is 0 Å². The summed E-state index contributed by atoms with van der Waals surface area (Å²) in [6.45, 7) is 0.634. The molecule has 0 spiro atoms. The Morgan fingerprint density at radius 3 is 2.77 bits per heavy atom. The average molecular weight is 334 g/mol. The number of fused-ring (bicyclic) bond motifs is 2. The van der Waals surface area contributed by atoms with E-state index in [4.69, 9.17) is 0 Å². The topological polar surface area (TPSA) is 59.0 Å². The first-order valence-electron chi connectivity index (χ1n) is 6.62. The summed E-state index contributed by atoms with van der Waals surface area (Å²) in [4.78, 5) is 6.14. The van der Waals surface area contributed by atoms with Crippen LogP contribution in [-0.4, -0.2) is 43.7 Å². The van der Waals surface area contributed by atoms with Gasteiger partial charge in [0.15, 0.2) is 0 Å². The number of alkyl halides is 3. The monoisotopic (exact) mass is 334 g/mol. The molecule has 0 N–H and O–H groups in total. The van der Waals surface area contributed by atoms with Crippen LogP contribution >= 0.6 is 0 Å². The van der Waals surface area contributed by atoms with E-state index in [1.54, 1.807) is 6.20 Å². The van der Waals surface area contributed by atoms with Crippen LogP contribution in [0.1, 0.15) is 6.42 Å². The summed E-state index contributed by atoms with van der Waals surface area (Å²) in [5.74, 6) is 0.0386. The second-order valence-electron chi connectivity index (χ2n) is 5.25. The summed E-state index contributed by atoms with van der Waals surface area (Å²) in [6, 6.07) is 0. The molecule has 120 valence electrons. The molecule has 0 saturated carbocycles. The number of rotatable bonds is 2. The maximum Gasteiger partial charge on any atom is 0.523 e. The van der Waals surface area contributed by atoms with E-state index in [2.05, 4.69) is 9.18 Å². The lowest BCUT2D eigenvalue weighted by atomic mass is 9.98. The van der Waals surface area contributed by atoms with Crippen molar-refractivity contribution in [2.24, 2.45) is 10.9 Å². The van der Waals surface area contributed by atoms with Crippen LogP contribution in [0.25, 0.3) is 0 Å². The van der Waals surface area contributed by atoms with Crippen LogP contribution < -0.4 is 0 Å². The van der Waals surface area contributed by atoms with E-state index in [0.717, 1.165) is 5.71 Å². The number of hydrogen-bond donors (Lipinski definition) is 0. The van der Waals surface area contributed by atoms with Crippen molar-refractivity contribution in [1.82, 2.24) is 4.90 Å². The Hall–Kier alpha value is -1.61. The minimum Gasteiger partial charge on any atom is -0.370 e. The fourth-order valence-electron chi connectivity index (χ4n) is 2.67. The molecule has 3 rings (SSSR count). The Morgan fingerprint density at radius 2 is 2.05 bits per heavy atom. The molecule has 9 heteroatoms. The highest BCUT2D eigenvalue weighted by Gasteiger charge is 2.49. The lowest BCUT2D eigenvalue weighted by molar-refractivity contribution is -0.0569. The standard InChI is InChI=1S/C13H13F3N2O3S/c14-13(15,16)22(19,20)21-11-5-10-6-17-12-4-2-1-3-9(12)7-18(10)8-11/h1-4,6,9,11H,5,7-8H2. The van der Waals surface area contributed by atoms with E-state index in [0.29, 0.717) is 12.2 Å². The maximum absolute atomic E-state index is 12.4. The van der Waals surface area contributed by atoms with Crippen molar-refractivity contribution >= 4 is 15.8 Å². The van der Waals surface area contributed by atoms with Gasteiger partial charge in [0.2, 0.25) is 0 Å². The van der Waals surface area contributed by atoms with Gasteiger partial charge in [0, 0.05) is 43.0 Å². The van der Waals surface area contributed by atoms with Gasteiger partial charge in [-0.2, -0.15) is 21.6 Å². The molecule has 0 amide bonds. The van der Waals surface area contributed by atoms with Crippen molar-refractivity contribution < 1.29 is 25.8 Å². The molecular formula is C13H13F3N2O3S. The zero-order valence-corrected chi connectivity index (χ0v) is 12.1. The van der Waals surface area contributed by atoms with E-state index in [9.17, 15) is 21.6 Å². The molecule has 1 fully saturated rings. The fraction of sp³-hybridized carbons (Fsp3) is 0.462. The number of nitrogens with zero attached hydrogens (tertiary/aromatic N) is 2. The first-order chi connectivity index (χ1) is 10.3. The summed E-state index contributed by atoms with van der Waals surface area (Å²) in [5, 5.41) is 0. The molecule has 22 heavy (non-hydrogen) atoms. The lowest BCUT2D eigenvalue weighted by Gasteiger charge is -2.23. The summed E-state index contributed by atoms with van der Waals surface area (Å²) < 4.78 is 63.6. The average Bonchev–Trinajstić information content (AvgIpc) is 2.69. The number of hydrogen-bond acceptors (Lipinski definition) is 5. The van der Waals surface area contributed by atoms with Crippen LogP contribution in [0, 0.1) is 5.92 Å². The SMILES string of the molecule is O=S(=O)(OC1CC2=CN=C3C=CC=CC3CN2C1)C(F)(F)F. The first-order valence-corrected chi connectivity index (χ1v) is 8.03. The summed E-state index contributed by atoms with van der Waals surface area (Å²) in [7, 11) is -5.57. The predicted molar refractivity (Wildman–Crippen MR) is 73.3 cm³/mol. The molecular weight excluding hydrogens is 321 g/mol. The van der Waals surface area contributed by atoms with Crippen LogP contribution in [-0.2, 0) is 14.3 Å². The van der Waals surface area contributed by atoms with Gasteiger partial charge in [-0.15, -0.1) is 0 Å². The van der Waals surface area contributed by atoms with Crippen molar-refractivity contribution in [2.45, 2.75) is 18.0 Å². The molecule has 5 nitrogen and oxygen atoms in total. The summed E-state index contributed by atoms with van der Waals surface area (Å²) in [5.41, 5.74) is -3.83. The molecule has 0 aromatic carbocycles. The Labute approximate surface area is 125 Å². The summed E-state index contributed by atoms with van der Waals surface area (Å²) in [6.07, 6.45) is 8.20. The van der Waals surface area contributed by atoms with Gasteiger partial charge >= 0.3 is 15.6 Å². The molecule has 2 unspecified atom stereocenters. The predicted octanol–water partition coefficient (Wildman–Crippen LogP) is 1.97. The fourth-order valence-corrected chi connectivity index (χ4v) is 3.26. The van der Waals surface area contributed by atoms with Gasteiger partial charge in [0.25, 0.3) is 0 Å². The van der Waals surface area contributed by atoms with Crippen LogP contribution in [0.15, 0.2) is 41.2 Å². The van der Waals surface area contributed by atoms with Gasteiger partial charge in [-0.3, -0.25) is 9.18 Å². The van der Waals surface area contributed by atoms with Crippen molar-refractivity contribution in [2.75, 3.05) is 13.1 Å². The minimum atomic E-state index is -5.57. The largest absolute Gasteiger partial charge is 0.523 e. The molecule has 1 saturated heterocycles. The molecule has 0 bridgehead atoms. The molecule has 1 aliphatic carbocycles. The van der Waals surface area contributed by atoms with Gasteiger partial charge in [-0.1, -0.05) is 18.2 Å². The Bertz CT molecular complexity index is 692. The third kappa shape index (κ3) is 2.82. The second kappa shape index (κ2) is 5.24. The van der Waals surface area contributed by atoms with Crippen molar-refractivity contribution in [3.8, 4) is 0 Å². The lowest BCUT2D eigenvalue weighted by Crippen LogP contribution is -2.33. The van der Waals surface area contributed by atoms with E-state index in [1.807, 2.05) is 29.2 Å². The normalized spacial score (nSPS) is 27.9. The second-order valence-corrected chi connectivity index (χ2v) is 6.82. The van der Waals surface area contributed by atoms with Gasteiger partial charge < -0.3 is 4.90 Å². The van der Waals surface area contributed by atoms with E-state index in [-0.39, 0.29) is 18.9 Å². The first kappa shape index (κ1) is 15.3. The highest BCUT2D eigenvalue weighted by Crippen LogP contribution is 2.32. The van der Waals surface area contributed by atoms with Crippen LogP contribution in [0.5, 0.6) is 0 Å². The molecule has 0 aromatic heterocycles. The number of allylic oxidation sites excluding steroid dienone is 3. The summed E-state index contributed by atoms with van der Waals surface area (Å²) >= 11 is 0. The van der Waals surface area contributed by atoms with Crippen LogP contribution in [0.3, 0.4) is 0 Å². The smallest absolute Gasteiger partial charge is 0.370 e. The van der Waals surface area contributed by atoms with Crippen molar-refractivity contribution in [3.05, 3.63) is 36.2 Å². The highest BCUT2D eigenvalue weighted by molar-refractivity contribution is 7.87. The van der Waals surface area contributed by atoms with Crippen LogP contribution in [0.4, 0.5) is 13.2 Å². The van der Waals surface area contributed by atoms with Crippen molar-refractivity contribution in [3.63, 3.8) is 0 Å². The third-order valence-corrected chi connectivity index (χ3v) is 4.79. The molecule has 0 radical (unpaired) electrons. The minimum absolute atomic E-state index is 0.0386. The number of aliphatic imine (C=N–C) groups is 1. The zero-order valence-electron chi connectivity index (χ0n) is 11.3. The van der Waals surface area contributed by atoms with E-state index in [1.165, 1.54) is 0 Å². The molecule has 2 aliphatic heterocycles. The highest BCUT2D eigenvalue weighted by atomic mass is 32.2.